The van der Waals surface area contributed by atoms with E-state index in [1.807, 2.05) is 47.5 Å². The van der Waals surface area contributed by atoms with Crippen LogP contribution in [0, 0.1) is 0 Å². The maximum absolute atomic E-state index is 13.0. The number of carboxylic acids is 3. The highest BCUT2D eigenvalue weighted by atomic mass is 35.5. The summed E-state index contributed by atoms with van der Waals surface area (Å²) in [5.74, 6) is -6.71. The Hall–Kier alpha value is -6.66. The Balaban J connectivity index is 0.000000377. The van der Waals surface area contributed by atoms with Crippen molar-refractivity contribution >= 4 is 64.2 Å². The lowest BCUT2D eigenvalue weighted by Gasteiger charge is -2.36. The largest absolute Gasteiger partial charge is 0.490 e. The molecule has 0 unspecified atom stereocenters. The summed E-state index contributed by atoms with van der Waals surface area (Å²) in [6.07, 6.45) is -5.11. The number of carbonyl (C=O) groups is 4. The molecule has 0 aliphatic carbocycles. The molecule has 2 aliphatic rings. The number of alkyl halides is 9. The number of aliphatic carboxylic acids is 3. The predicted octanol–water partition coefficient (Wildman–Crippen LogP) is 6.13. The summed E-state index contributed by atoms with van der Waals surface area (Å²) >= 11 is 6.37. The van der Waals surface area contributed by atoms with E-state index in [1.165, 1.54) is 0 Å². The normalized spacial score (nSPS) is 13.5. The number of aryl methyl sites for hydroxylation is 2. The first kappa shape index (κ1) is 47.7. The molecule has 60 heavy (non-hydrogen) atoms. The molecule has 0 atom stereocenters. The van der Waals surface area contributed by atoms with E-state index in [2.05, 4.69) is 35.5 Å². The fourth-order valence-corrected chi connectivity index (χ4v) is 4.88. The number of hydrogen-bond donors (Lipinski definition) is 5. The number of nitrogens with zero attached hydrogens (tertiary/aromatic N) is 6. The van der Waals surface area contributed by atoms with Gasteiger partial charge in [0, 0.05) is 56.1 Å². The monoisotopic (exact) mass is 884 g/mol. The van der Waals surface area contributed by atoms with Gasteiger partial charge in [-0.25, -0.2) is 19.4 Å². The zero-order chi connectivity index (χ0) is 44.8. The quantitative estimate of drug-likeness (QED) is 0.146. The van der Waals surface area contributed by atoms with Gasteiger partial charge in [-0.2, -0.15) is 44.5 Å². The topological polar surface area (TPSA) is 220 Å². The van der Waals surface area contributed by atoms with Crippen LogP contribution in [0.25, 0.3) is 0 Å². The number of hydrogen-bond acceptors (Lipinski definition) is 12. The lowest BCUT2D eigenvalue weighted by molar-refractivity contribution is -0.193. The lowest BCUT2D eigenvalue weighted by Crippen LogP contribution is -2.50. The van der Waals surface area contributed by atoms with Crippen LogP contribution in [-0.4, -0.2) is 115 Å². The van der Waals surface area contributed by atoms with Crippen LogP contribution in [0.2, 0.25) is 5.02 Å². The predicted molar refractivity (Wildman–Crippen MR) is 191 cm³/mol. The molecule has 2 aliphatic heterocycles. The lowest BCUT2D eigenvalue weighted by atomic mass is 10.0. The highest BCUT2D eigenvalue weighted by Crippen LogP contribution is 2.30. The third kappa shape index (κ3) is 15.6. The zero-order valence-electron chi connectivity index (χ0n) is 30.1. The van der Waals surface area contributed by atoms with Crippen molar-refractivity contribution in [3.05, 3.63) is 83.5 Å². The summed E-state index contributed by atoms with van der Waals surface area (Å²) in [5, 5.41) is 28.2. The van der Waals surface area contributed by atoms with E-state index in [0.29, 0.717) is 42.0 Å². The number of carboxylic acid groups (broad SMARTS) is 3. The van der Waals surface area contributed by atoms with Crippen LogP contribution in [0.4, 0.5) is 68.3 Å². The summed E-state index contributed by atoms with van der Waals surface area (Å²) in [6, 6.07) is 11.8. The van der Waals surface area contributed by atoms with Gasteiger partial charge in [0.1, 0.15) is 10.8 Å². The molecule has 1 fully saturated rings. The molecule has 1 amide bonds. The molecule has 324 valence electrons. The minimum Gasteiger partial charge on any atom is -0.483 e. The van der Waals surface area contributed by atoms with Gasteiger partial charge in [-0.1, -0.05) is 11.6 Å². The molecule has 16 nitrogen and oxygen atoms in total. The van der Waals surface area contributed by atoms with Crippen molar-refractivity contribution in [1.82, 2.24) is 24.8 Å². The van der Waals surface area contributed by atoms with Crippen LogP contribution in [0.5, 0.6) is 5.75 Å². The van der Waals surface area contributed by atoms with Crippen molar-refractivity contribution in [2.24, 2.45) is 0 Å². The number of anilines is 5. The number of aromatic nitrogens is 4. The van der Waals surface area contributed by atoms with Gasteiger partial charge in [0.15, 0.2) is 12.4 Å². The van der Waals surface area contributed by atoms with Crippen molar-refractivity contribution in [2.45, 2.75) is 31.4 Å². The van der Waals surface area contributed by atoms with Crippen molar-refractivity contribution in [3.8, 4) is 5.75 Å². The first-order valence-corrected chi connectivity index (χ1v) is 16.9. The second-order valence-corrected chi connectivity index (χ2v) is 12.2. The van der Waals surface area contributed by atoms with E-state index in [1.54, 1.807) is 24.8 Å². The molecular weight excluding hydrogens is 855 g/mol. The molecule has 26 heteroatoms. The zero-order valence-corrected chi connectivity index (χ0v) is 30.9. The number of ether oxygens (including phenoxy) is 1. The van der Waals surface area contributed by atoms with Gasteiger partial charge < -0.3 is 40.5 Å². The first-order chi connectivity index (χ1) is 27.9. The Bertz CT molecular complexity index is 2050. The molecule has 5 N–H and O–H groups in total. The Kier molecular flexibility index (Phi) is 16.6. The van der Waals surface area contributed by atoms with Crippen LogP contribution >= 0.6 is 11.6 Å². The van der Waals surface area contributed by atoms with Gasteiger partial charge >= 0.3 is 36.4 Å². The Morgan fingerprint density at radius 1 is 0.717 bits per heavy atom. The van der Waals surface area contributed by atoms with Crippen molar-refractivity contribution < 1.29 is 78.7 Å². The van der Waals surface area contributed by atoms with E-state index < -0.39 is 36.4 Å². The summed E-state index contributed by atoms with van der Waals surface area (Å²) in [5.41, 5.74) is 4.75. The van der Waals surface area contributed by atoms with Gasteiger partial charge in [-0.05, 0) is 60.4 Å². The number of halogens is 10. The number of piperazine rings is 1. The fourth-order valence-electron chi connectivity index (χ4n) is 4.75. The SMILES string of the molecule is O=C(COc1ccc2cc1CCc1cncc(c1)Nc1ncc(Cl)c(n1)N2)N1CCN(c2ccncc2)CC1.O=C(O)C(F)(F)F.O=C(O)C(F)(F)F.O=C(O)C(F)(F)F. The Morgan fingerprint density at radius 3 is 1.83 bits per heavy atom. The van der Waals surface area contributed by atoms with Crippen LogP contribution in [-0.2, 0) is 32.0 Å². The minimum absolute atomic E-state index is 0.0168. The number of nitrogens with one attached hydrogen (secondary N) is 2. The maximum Gasteiger partial charge on any atom is 0.490 e. The first-order valence-electron chi connectivity index (χ1n) is 16.5. The summed E-state index contributed by atoms with van der Waals surface area (Å²) in [6.45, 7) is 2.84. The molecular formula is C34H30ClF9N8O8. The second kappa shape index (κ2) is 20.9. The molecule has 0 saturated carbocycles. The molecule has 5 heterocycles. The molecule has 3 aromatic heterocycles. The Morgan fingerprint density at radius 2 is 1.28 bits per heavy atom. The van der Waals surface area contributed by atoms with E-state index in [-0.39, 0.29) is 12.5 Å². The highest BCUT2D eigenvalue weighted by molar-refractivity contribution is 6.32. The van der Waals surface area contributed by atoms with Crippen molar-refractivity contribution in [1.29, 1.82) is 0 Å². The molecule has 1 aromatic carbocycles. The number of amides is 1. The van der Waals surface area contributed by atoms with Gasteiger partial charge in [0.25, 0.3) is 5.91 Å². The Labute approximate surface area is 336 Å². The number of pyridine rings is 2. The van der Waals surface area contributed by atoms with Gasteiger partial charge in [-0.15, -0.1) is 0 Å². The summed E-state index contributed by atoms with van der Waals surface area (Å²) in [7, 11) is 0. The van der Waals surface area contributed by atoms with E-state index in [0.717, 1.165) is 47.7 Å². The van der Waals surface area contributed by atoms with Gasteiger partial charge in [-0.3, -0.25) is 14.8 Å². The van der Waals surface area contributed by atoms with Crippen LogP contribution < -0.4 is 20.3 Å². The highest BCUT2D eigenvalue weighted by Gasteiger charge is 2.39. The molecule has 1 saturated heterocycles. The standard InChI is InChI=1S/C28H27ClN8O2.3C2HF3O2/c29-24-17-32-28-34-22-13-19(15-31-16-22)1-2-20-14-21(33-27(24)35-28)3-4-25(20)39-18-26(38)37-11-9-36(10-12-37)23-5-7-30-8-6-23;3*3-2(4,5)1(6)7/h3-8,13-17H,1-2,9-12,18H2,(H2,32,33,34,35);3*(H,6,7). The molecule has 6 bridgehead atoms. The van der Waals surface area contributed by atoms with Crippen LogP contribution in [0.15, 0.2) is 67.4 Å². The van der Waals surface area contributed by atoms with E-state index in [9.17, 15) is 44.3 Å². The minimum atomic E-state index is -5.08. The number of benzene rings is 1. The van der Waals surface area contributed by atoms with Crippen molar-refractivity contribution in [2.75, 3.05) is 48.3 Å². The smallest absolute Gasteiger partial charge is 0.483 e. The average molecular weight is 885 g/mol. The summed E-state index contributed by atoms with van der Waals surface area (Å²) < 4.78 is 101. The summed E-state index contributed by atoms with van der Waals surface area (Å²) in [4.78, 5) is 61.1. The molecule has 4 aromatic rings. The van der Waals surface area contributed by atoms with Crippen LogP contribution in [0.1, 0.15) is 11.1 Å². The van der Waals surface area contributed by atoms with Gasteiger partial charge in [0.2, 0.25) is 5.95 Å². The molecule has 6 rings (SSSR count). The maximum atomic E-state index is 13.0. The molecule has 0 radical (unpaired) electrons. The molecule has 0 spiro atoms. The number of carbonyl (C=O) groups excluding carboxylic acids is 1. The third-order valence-electron chi connectivity index (χ3n) is 7.54. The van der Waals surface area contributed by atoms with Crippen LogP contribution in [0.3, 0.4) is 0 Å². The average Bonchev–Trinajstić information content (AvgIpc) is 3.18. The van der Waals surface area contributed by atoms with E-state index in [4.69, 9.17) is 46.0 Å². The third-order valence-corrected chi connectivity index (χ3v) is 7.82. The fraction of sp³-hybridized carbons (Fsp3) is 0.294. The van der Waals surface area contributed by atoms with Gasteiger partial charge in [0.05, 0.1) is 18.1 Å². The van der Waals surface area contributed by atoms with Crippen molar-refractivity contribution in [3.63, 3.8) is 0 Å². The van der Waals surface area contributed by atoms with E-state index >= 15 is 0 Å². The number of rotatable bonds is 4. The second-order valence-electron chi connectivity index (χ2n) is 11.8. The number of fused-ring (bicyclic) bond motifs is 6.